The van der Waals surface area contributed by atoms with Crippen LogP contribution in [0.1, 0.15) is 38.3 Å². The Bertz CT molecular complexity index is 1360. The maximum Gasteiger partial charge on any atom is 0.264 e. The summed E-state index contributed by atoms with van der Waals surface area (Å²) in [6, 6.07) is 21.8. The normalized spacial score (nSPS) is 12.2. The molecular formula is C30H36BrN3O4S. The number of rotatable bonds is 12. The van der Waals surface area contributed by atoms with Crippen LogP contribution in [0.2, 0.25) is 0 Å². The van der Waals surface area contributed by atoms with Gasteiger partial charge >= 0.3 is 0 Å². The molecule has 2 amide bonds. The molecule has 0 aliphatic heterocycles. The summed E-state index contributed by atoms with van der Waals surface area (Å²) in [5.74, 6) is -0.482. The average molecular weight is 615 g/mol. The number of amides is 2. The summed E-state index contributed by atoms with van der Waals surface area (Å²) in [6.07, 6.45) is 0.379. The highest BCUT2D eigenvalue weighted by molar-refractivity contribution is 9.10. The molecule has 0 spiro atoms. The quantitative estimate of drug-likeness (QED) is 0.291. The zero-order valence-corrected chi connectivity index (χ0v) is 25.2. The lowest BCUT2D eigenvalue weighted by Crippen LogP contribution is -2.52. The van der Waals surface area contributed by atoms with E-state index in [0.29, 0.717) is 23.1 Å². The number of aryl methyl sites for hydroxylation is 1. The second-order valence-electron chi connectivity index (χ2n) is 9.87. The number of halogens is 1. The zero-order valence-electron chi connectivity index (χ0n) is 22.8. The molecule has 0 aliphatic carbocycles. The van der Waals surface area contributed by atoms with Crippen molar-refractivity contribution in [3.05, 3.63) is 94.5 Å². The Morgan fingerprint density at radius 2 is 1.62 bits per heavy atom. The third-order valence-corrected chi connectivity index (χ3v) is 8.53. The van der Waals surface area contributed by atoms with E-state index in [0.717, 1.165) is 15.4 Å². The summed E-state index contributed by atoms with van der Waals surface area (Å²) < 4.78 is 29.4. The minimum absolute atomic E-state index is 0.0737. The van der Waals surface area contributed by atoms with Crippen LogP contribution >= 0.6 is 15.9 Å². The molecule has 208 valence electrons. The fourth-order valence-electron chi connectivity index (χ4n) is 4.11. The first-order valence-electron chi connectivity index (χ1n) is 13.0. The van der Waals surface area contributed by atoms with Crippen molar-refractivity contribution in [2.24, 2.45) is 5.92 Å². The number of sulfonamides is 1. The summed E-state index contributed by atoms with van der Waals surface area (Å²) in [5.41, 5.74) is 2.27. The van der Waals surface area contributed by atoms with E-state index in [9.17, 15) is 18.0 Å². The van der Waals surface area contributed by atoms with Gasteiger partial charge in [-0.2, -0.15) is 0 Å². The average Bonchev–Trinajstić information content (AvgIpc) is 2.91. The molecule has 1 atom stereocenters. The van der Waals surface area contributed by atoms with E-state index in [4.69, 9.17) is 0 Å². The second-order valence-corrected chi connectivity index (χ2v) is 12.7. The Morgan fingerprint density at radius 3 is 2.21 bits per heavy atom. The number of hydrogen-bond acceptors (Lipinski definition) is 4. The van der Waals surface area contributed by atoms with Crippen molar-refractivity contribution in [2.75, 3.05) is 17.4 Å². The fourth-order valence-corrected chi connectivity index (χ4v) is 5.93. The minimum Gasteiger partial charge on any atom is -0.354 e. The van der Waals surface area contributed by atoms with Crippen LogP contribution < -0.4 is 9.62 Å². The van der Waals surface area contributed by atoms with Gasteiger partial charge in [-0.25, -0.2) is 8.42 Å². The summed E-state index contributed by atoms with van der Waals surface area (Å²) in [7, 11) is -4.09. The molecule has 0 bridgehead atoms. The van der Waals surface area contributed by atoms with Gasteiger partial charge in [-0.15, -0.1) is 0 Å². The van der Waals surface area contributed by atoms with Crippen LogP contribution in [0.3, 0.4) is 0 Å². The molecule has 39 heavy (non-hydrogen) atoms. The fraction of sp³-hybridized carbons (Fsp3) is 0.333. The van der Waals surface area contributed by atoms with Crippen LogP contribution in [0.25, 0.3) is 0 Å². The molecule has 3 rings (SSSR count). The lowest BCUT2D eigenvalue weighted by Gasteiger charge is -2.33. The van der Waals surface area contributed by atoms with Gasteiger partial charge in [0.2, 0.25) is 11.8 Å². The number of carbonyl (C=O) groups is 2. The number of hydrogen-bond donors (Lipinski definition) is 1. The van der Waals surface area contributed by atoms with Crippen LogP contribution in [0.15, 0.2) is 88.2 Å². The molecule has 0 saturated carbocycles. The Labute approximate surface area is 240 Å². The Kier molecular flexibility index (Phi) is 10.7. The first kappa shape index (κ1) is 30.4. The van der Waals surface area contributed by atoms with Crippen LogP contribution in [0.5, 0.6) is 0 Å². The first-order chi connectivity index (χ1) is 18.5. The van der Waals surface area contributed by atoms with Crippen molar-refractivity contribution in [1.82, 2.24) is 10.2 Å². The van der Waals surface area contributed by atoms with Gasteiger partial charge in [0, 0.05) is 17.6 Å². The Balaban J connectivity index is 2.03. The summed E-state index contributed by atoms with van der Waals surface area (Å²) >= 11 is 3.41. The smallest absolute Gasteiger partial charge is 0.264 e. The SMILES string of the molecule is CC[C@@H](C(=O)NCC(C)C)N(Cc1ccc(C)cc1)C(=O)CN(c1cccc(Br)c1)S(=O)(=O)c1ccccc1. The van der Waals surface area contributed by atoms with Gasteiger partial charge in [-0.1, -0.05) is 90.8 Å². The highest BCUT2D eigenvalue weighted by Crippen LogP contribution is 2.27. The summed E-state index contributed by atoms with van der Waals surface area (Å²) in [5, 5.41) is 2.94. The minimum atomic E-state index is -4.09. The van der Waals surface area contributed by atoms with Gasteiger partial charge < -0.3 is 10.2 Å². The summed E-state index contributed by atoms with van der Waals surface area (Å²) in [6.45, 7) is 8.01. The van der Waals surface area contributed by atoms with Crippen LogP contribution in [-0.2, 0) is 26.2 Å². The molecule has 0 aromatic heterocycles. The maximum atomic E-state index is 14.0. The van der Waals surface area contributed by atoms with Crippen molar-refractivity contribution in [1.29, 1.82) is 0 Å². The van der Waals surface area contributed by atoms with Gasteiger partial charge in [0.25, 0.3) is 10.0 Å². The molecule has 0 saturated heterocycles. The molecule has 0 heterocycles. The number of anilines is 1. The number of carbonyl (C=O) groups excluding carboxylic acids is 2. The Morgan fingerprint density at radius 1 is 0.949 bits per heavy atom. The van der Waals surface area contributed by atoms with E-state index in [1.807, 2.05) is 52.0 Å². The third kappa shape index (κ3) is 8.16. The van der Waals surface area contributed by atoms with Gasteiger partial charge in [0.1, 0.15) is 12.6 Å². The molecular weight excluding hydrogens is 578 g/mol. The second kappa shape index (κ2) is 13.8. The molecule has 9 heteroatoms. The van der Waals surface area contributed by atoms with Gasteiger partial charge in [-0.05, 0) is 55.2 Å². The standard InChI is InChI=1S/C30H36BrN3O4S/c1-5-28(30(36)32-19-22(2)3)33(20-24-16-14-23(4)15-17-24)29(35)21-34(26-11-9-10-25(31)18-26)39(37,38)27-12-7-6-8-13-27/h6-18,22,28H,5,19-21H2,1-4H3,(H,32,36)/t28-/m0/s1. The third-order valence-electron chi connectivity index (χ3n) is 6.25. The number of benzene rings is 3. The molecule has 0 aliphatic rings. The van der Waals surface area contributed by atoms with Crippen molar-refractivity contribution in [3.8, 4) is 0 Å². The zero-order chi connectivity index (χ0) is 28.6. The number of nitrogens with one attached hydrogen (secondary N) is 1. The maximum absolute atomic E-state index is 14.0. The first-order valence-corrected chi connectivity index (χ1v) is 15.2. The topological polar surface area (TPSA) is 86.8 Å². The van der Waals surface area contributed by atoms with E-state index >= 15 is 0 Å². The molecule has 0 unspecified atom stereocenters. The number of nitrogens with zero attached hydrogens (tertiary/aromatic N) is 2. The highest BCUT2D eigenvalue weighted by atomic mass is 79.9. The van der Waals surface area contributed by atoms with Crippen LogP contribution in [0.4, 0.5) is 5.69 Å². The molecule has 3 aromatic rings. The van der Waals surface area contributed by atoms with Crippen LogP contribution in [0, 0.1) is 12.8 Å². The molecule has 0 fully saturated rings. The lowest BCUT2D eigenvalue weighted by molar-refractivity contribution is -0.140. The lowest BCUT2D eigenvalue weighted by atomic mass is 10.1. The van der Waals surface area contributed by atoms with E-state index < -0.39 is 28.5 Å². The highest BCUT2D eigenvalue weighted by Gasteiger charge is 2.33. The van der Waals surface area contributed by atoms with Gasteiger partial charge in [-0.3, -0.25) is 13.9 Å². The monoisotopic (exact) mass is 613 g/mol. The van der Waals surface area contributed by atoms with Crippen molar-refractivity contribution in [2.45, 2.75) is 51.6 Å². The molecule has 7 nitrogen and oxygen atoms in total. The van der Waals surface area contributed by atoms with E-state index in [1.54, 1.807) is 42.5 Å². The van der Waals surface area contributed by atoms with Gasteiger partial charge in [0.15, 0.2) is 0 Å². The molecule has 1 N–H and O–H groups in total. The molecule has 0 radical (unpaired) electrons. The van der Waals surface area contributed by atoms with Crippen molar-refractivity contribution < 1.29 is 18.0 Å². The Hall–Kier alpha value is -3.17. The van der Waals surface area contributed by atoms with E-state index in [1.165, 1.54) is 17.0 Å². The van der Waals surface area contributed by atoms with Gasteiger partial charge in [0.05, 0.1) is 10.6 Å². The largest absolute Gasteiger partial charge is 0.354 e. The van der Waals surface area contributed by atoms with E-state index in [-0.39, 0.29) is 23.3 Å². The predicted octanol–water partition coefficient (Wildman–Crippen LogP) is 5.53. The van der Waals surface area contributed by atoms with Crippen molar-refractivity contribution in [3.63, 3.8) is 0 Å². The van der Waals surface area contributed by atoms with Crippen LogP contribution in [-0.4, -0.2) is 44.3 Å². The molecule has 3 aromatic carbocycles. The predicted molar refractivity (Wildman–Crippen MR) is 159 cm³/mol. The van der Waals surface area contributed by atoms with E-state index in [2.05, 4.69) is 21.2 Å². The van der Waals surface area contributed by atoms with Crippen molar-refractivity contribution >= 4 is 43.5 Å². The summed E-state index contributed by atoms with van der Waals surface area (Å²) in [4.78, 5) is 28.8.